The van der Waals surface area contributed by atoms with Gasteiger partial charge in [0.2, 0.25) is 5.82 Å². The summed E-state index contributed by atoms with van der Waals surface area (Å²) in [5.41, 5.74) is -0.192. The molecule has 0 amide bonds. The Morgan fingerprint density at radius 3 is 2.61 bits per heavy atom. The fourth-order valence-electron chi connectivity index (χ4n) is 4.92. The first-order chi connectivity index (χ1) is 13.4. The molecule has 28 heavy (non-hydrogen) atoms. The zero-order valence-electron chi connectivity index (χ0n) is 16.4. The highest BCUT2D eigenvalue weighted by Gasteiger charge is 2.52. The van der Waals surface area contributed by atoms with Gasteiger partial charge in [-0.15, -0.1) is 0 Å². The second kappa shape index (κ2) is 8.58. The van der Waals surface area contributed by atoms with Crippen molar-refractivity contribution in [1.29, 1.82) is 0 Å². The number of carboxylic acids is 1. The summed E-state index contributed by atoms with van der Waals surface area (Å²) in [7, 11) is 0. The molecule has 2 aliphatic rings. The average molecular weight is 394 g/mol. The molecule has 0 aliphatic heterocycles. The molecule has 0 aromatic heterocycles. The van der Waals surface area contributed by atoms with Crippen molar-refractivity contribution in [2.24, 2.45) is 11.3 Å². The minimum Gasteiger partial charge on any atom is -0.490 e. The Morgan fingerprint density at radius 1 is 1.25 bits per heavy atom. The number of benzene rings is 1. The van der Waals surface area contributed by atoms with Gasteiger partial charge in [0.1, 0.15) is 0 Å². The molecule has 0 saturated heterocycles. The summed E-state index contributed by atoms with van der Waals surface area (Å²) in [4.78, 5) is 23.9. The van der Waals surface area contributed by atoms with Crippen molar-refractivity contribution < 1.29 is 28.2 Å². The summed E-state index contributed by atoms with van der Waals surface area (Å²) in [6, 6.07) is 1.45. The molecule has 1 fully saturated rings. The van der Waals surface area contributed by atoms with Crippen LogP contribution in [0.5, 0.6) is 5.75 Å². The number of ether oxygens (including phenoxy) is 1. The maximum absolute atomic E-state index is 14.8. The molecule has 6 heteroatoms. The molecule has 2 aliphatic carbocycles. The molecule has 1 N–H and O–H groups in total. The number of ketones is 1. The second-order valence-electron chi connectivity index (χ2n) is 8.13. The van der Waals surface area contributed by atoms with Crippen LogP contribution < -0.4 is 4.74 Å². The highest BCUT2D eigenvalue weighted by Crippen LogP contribution is 2.53. The Labute approximate surface area is 164 Å². The Hall–Kier alpha value is -1.98. The number of carbonyl (C=O) groups is 2. The molecule has 0 heterocycles. The van der Waals surface area contributed by atoms with Gasteiger partial charge in [0.25, 0.3) is 0 Å². The Balaban J connectivity index is 1.88. The molecular weight excluding hydrogens is 366 g/mol. The van der Waals surface area contributed by atoms with Gasteiger partial charge in [-0.3, -0.25) is 9.59 Å². The van der Waals surface area contributed by atoms with E-state index in [9.17, 15) is 18.4 Å². The van der Waals surface area contributed by atoms with E-state index in [2.05, 4.69) is 6.92 Å². The molecule has 0 spiro atoms. The summed E-state index contributed by atoms with van der Waals surface area (Å²) in [6.45, 7) is 2.05. The number of unbranched alkanes of at least 4 members (excludes halogenated alkanes) is 1. The van der Waals surface area contributed by atoms with E-state index in [1.54, 1.807) is 0 Å². The van der Waals surface area contributed by atoms with Crippen LogP contribution in [0.3, 0.4) is 0 Å². The fourth-order valence-corrected chi connectivity index (χ4v) is 4.92. The summed E-state index contributed by atoms with van der Waals surface area (Å²) >= 11 is 0. The minimum atomic E-state index is -1.15. The third-order valence-corrected chi connectivity index (χ3v) is 6.35. The summed E-state index contributed by atoms with van der Waals surface area (Å²) in [5, 5.41) is 8.67. The number of fused-ring (bicyclic) bond motifs is 1. The van der Waals surface area contributed by atoms with Gasteiger partial charge in [0.15, 0.2) is 17.3 Å². The molecule has 4 nitrogen and oxygen atoms in total. The number of carboxylic acid groups (broad SMARTS) is 1. The minimum absolute atomic E-state index is 0.0149. The number of hydrogen-bond acceptors (Lipinski definition) is 3. The third-order valence-electron chi connectivity index (χ3n) is 6.35. The van der Waals surface area contributed by atoms with Crippen LogP contribution in [-0.2, 0) is 11.2 Å². The molecule has 1 unspecified atom stereocenters. The van der Waals surface area contributed by atoms with E-state index in [0.29, 0.717) is 18.4 Å². The molecule has 1 saturated carbocycles. The molecule has 3 rings (SSSR count). The van der Waals surface area contributed by atoms with Gasteiger partial charge >= 0.3 is 5.97 Å². The van der Waals surface area contributed by atoms with Gasteiger partial charge in [-0.25, -0.2) is 4.39 Å². The van der Waals surface area contributed by atoms with Crippen LogP contribution in [0.1, 0.15) is 80.6 Å². The molecule has 0 radical (unpaired) electrons. The van der Waals surface area contributed by atoms with E-state index in [1.165, 1.54) is 6.07 Å². The lowest BCUT2D eigenvalue weighted by Crippen LogP contribution is -2.35. The van der Waals surface area contributed by atoms with Crippen LogP contribution in [0.15, 0.2) is 6.07 Å². The SMILES string of the molecule is CCCCC1(C2CCCC2)Cc2cc(OCCCC(=O)O)c(F)c(F)c2C1=O. The molecular formula is C22H28F2O4. The van der Waals surface area contributed by atoms with Gasteiger partial charge in [-0.2, -0.15) is 4.39 Å². The first-order valence-electron chi connectivity index (χ1n) is 10.3. The van der Waals surface area contributed by atoms with E-state index >= 15 is 0 Å². The summed E-state index contributed by atoms with van der Waals surface area (Å²) in [5.74, 6) is -3.48. The van der Waals surface area contributed by atoms with Gasteiger partial charge in [0.05, 0.1) is 12.2 Å². The van der Waals surface area contributed by atoms with Crippen LogP contribution in [0, 0.1) is 23.0 Å². The highest BCUT2D eigenvalue weighted by molar-refractivity contribution is 6.05. The van der Waals surface area contributed by atoms with Crippen molar-refractivity contribution in [2.75, 3.05) is 6.61 Å². The van der Waals surface area contributed by atoms with Crippen molar-refractivity contribution in [3.05, 3.63) is 28.8 Å². The van der Waals surface area contributed by atoms with Gasteiger partial charge in [-0.05, 0) is 49.7 Å². The third kappa shape index (κ3) is 3.78. The van der Waals surface area contributed by atoms with Crippen molar-refractivity contribution in [1.82, 2.24) is 0 Å². The number of hydrogen-bond donors (Lipinski definition) is 1. The molecule has 0 bridgehead atoms. The lowest BCUT2D eigenvalue weighted by Gasteiger charge is -2.34. The van der Waals surface area contributed by atoms with E-state index in [-0.39, 0.29) is 42.5 Å². The zero-order valence-corrected chi connectivity index (χ0v) is 16.4. The lowest BCUT2D eigenvalue weighted by atomic mass is 9.68. The van der Waals surface area contributed by atoms with Gasteiger partial charge in [-0.1, -0.05) is 32.6 Å². The van der Waals surface area contributed by atoms with Crippen molar-refractivity contribution in [3.8, 4) is 5.75 Å². The standard InChI is InChI=1S/C22H28F2O4/c1-2-3-10-22(15-7-4-5-8-15)13-14-12-16(28-11-6-9-17(25)26)19(23)20(24)18(14)21(22)27/h12,15H,2-11,13H2,1H3,(H,25,26). The van der Waals surface area contributed by atoms with Crippen LogP contribution in [0.4, 0.5) is 8.78 Å². The molecule has 154 valence electrons. The van der Waals surface area contributed by atoms with E-state index < -0.39 is 23.0 Å². The van der Waals surface area contributed by atoms with Crippen LogP contribution in [0.25, 0.3) is 0 Å². The topological polar surface area (TPSA) is 63.6 Å². The van der Waals surface area contributed by atoms with Crippen LogP contribution in [-0.4, -0.2) is 23.5 Å². The Kier molecular flexibility index (Phi) is 6.36. The monoisotopic (exact) mass is 394 g/mol. The van der Waals surface area contributed by atoms with Crippen molar-refractivity contribution in [2.45, 2.75) is 71.1 Å². The largest absolute Gasteiger partial charge is 0.490 e. The summed E-state index contributed by atoms with van der Waals surface area (Å²) in [6.07, 6.45) is 7.17. The van der Waals surface area contributed by atoms with E-state index in [4.69, 9.17) is 9.84 Å². The first kappa shape index (κ1) is 20.7. The van der Waals surface area contributed by atoms with E-state index in [1.807, 2.05) is 0 Å². The lowest BCUT2D eigenvalue weighted by molar-refractivity contribution is -0.137. The predicted molar refractivity (Wildman–Crippen MR) is 101 cm³/mol. The van der Waals surface area contributed by atoms with Crippen LogP contribution in [0.2, 0.25) is 0 Å². The predicted octanol–water partition coefficient (Wildman–Crippen LogP) is 5.31. The normalized spacial score (nSPS) is 21.9. The molecule has 1 aromatic rings. The maximum Gasteiger partial charge on any atom is 0.303 e. The van der Waals surface area contributed by atoms with Crippen LogP contribution >= 0.6 is 0 Å². The fraction of sp³-hybridized carbons (Fsp3) is 0.636. The quantitative estimate of drug-likeness (QED) is 0.576. The average Bonchev–Trinajstić information content (AvgIpc) is 3.28. The number of Topliss-reactive ketones (excluding diaryl/α,β-unsaturated/α-hetero) is 1. The second-order valence-corrected chi connectivity index (χ2v) is 8.13. The van der Waals surface area contributed by atoms with Gasteiger partial charge < -0.3 is 9.84 Å². The summed E-state index contributed by atoms with van der Waals surface area (Å²) < 4.78 is 34.7. The first-order valence-corrected chi connectivity index (χ1v) is 10.3. The van der Waals surface area contributed by atoms with Gasteiger partial charge in [0, 0.05) is 11.8 Å². The van der Waals surface area contributed by atoms with Crippen molar-refractivity contribution in [3.63, 3.8) is 0 Å². The maximum atomic E-state index is 14.8. The Morgan fingerprint density at radius 2 is 1.96 bits per heavy atom. The zero-order chi connectivity index (χ0) is 20.3. The number of rotatable bonds is 9. The van der Waals surface area contributed by atoms with Crippen molar-refractivity contribution >= 4 is 11.8 Å². The highest BCUT2D eigenvalue weighted by atomic mass is 19.2. The number of aliphatic carboxylic acids is 1. The number of carbonyl (C=O) groups excluding carboxylic acids is 1. The number of halogens is 2. The molecule has 1 atom stereocenters. The Bertz CT molecular complexity index is 755. The van der Waals surface area contributed by atoms with E-state index in [0.717, 1.165) is 38.5 Å². The smallest absolute Gasteiger partial charge is 0.303 e. The molecule has 1 aromatic carbocycles.